The fraction of sp³-hybridized carbons (Fsp3) is 0.875. The van der Waals surface area contributed by atoms with Crippen molar-refractivity contribution in [3.63, 3.8) is 0 Å². The van der Waals surface area contributed by atoms with Gasteiger partial charge in [0.2, 0.25) is 0 Å². The normalized spacial score (nSPS) is 24.5. The highest BCUT2D eigenvalue weighted by atomic mass is 16.4. The Hall–Kier alpha value is -0.530. The molecule has 0 aliphatic heterocycles. The molecule has 5 N–H and O–H groups in total. The largest absolute Gasteiger partial charge is 0.394 e. The molecule has 0 rings (SSSR count). The van der Waals surface area contributed by atoms with E-state index in [0.29, 0.717) is 0 Å². The number of rotatable bonds is 5. The number of carbonyl (C=O) groups is 1. The molecule has 0 aliphatic carbocycles. The van der Waals surface area contributed by atoms with Crippen LogP contribution in [0.25, 0.3) is 0 Å². The summed E-state index contributed by atoms with van der Waals surface area (Å²) in [6.07, 6.45) is -3.47. The summed E-state index contributed by atoms with van der Waals surface area (Å²) in [5.74, 6) is 0. The molecule has 0 radical (unpaired) electrons. The maximum Gasteiger partial charge on any atom is 0.151 e. The van der Waals surface area contributed by atoms with Gasteiger partial charge in [0.05, 0.1) is 6.61 Å². The Labute approximate surface area is 81.4 Å². The van der Waals surface area contributed by atoms with Crippen molar-refractivity contribution < 1.29 is 30.3 Å². The van der Waals surface area contributed by atoms with Crippen molar-refractivity contribution in [1.82, 2.24) is 0 Å². The number of hydrogen-bond acceptors (Lipinski definition) is 6. The number of aliphatic hydroxyl groups excluding tert-OH is 3. The summed E-state index contributed by atoms with van der Waals surface area (Å²) in [6, 6.07) is 0. The first-order valence-electron chi connectivity index (χ1n) is 4.08. The maximum atomic E-state index is 10.2. The maximum absolute atomic E-state index is 10.2. The predicted octanol–water partition coefficient (Wildman–Crippen LogP) is -2.60. The van der Waals surface area contributed by atoms with Crippen LogP contribution in [0, 0.1) is 0 Å². The third-order valence-corrected chi connectivity index (χ3v) is 2.55. The van der Waals surface area contributed by atoms with Gasteiger partial charge in [-0.2, -0.15) is 0 Å². The van der Waals surface area contributed by atoms with Gasteiger partial charge in [0.15, 0.2) is 6.29 Å². The first-order valence-corrected chi connectivity index (χ1v) is 4.08. The molecule has 0 aromatic heterocycles. The molecular formula is C8H16O6. The predicted molar refractivity (Wildman–Crippen MR) is 46.4 cm³/mol. The van der Waals surface area contributed by atoms with Gasteiger partial charge in [-0.25, -0.2) is 0 Å². The van der Waals surface area contributed by atoms with Crippen LogP contribution in [0.5, 0.6) is 0 Å². The molecule has 0 spiro atoms. The van der Waals surface area contributed by atoms with Crippen molar-refractivity contribution in [2.45, 2.75) is 37.3 Å². The molecule has 0 amide bonds. The van der Waals surface area contributed by atoms with Gasteiger partial charge in [0.1, 0.15) is 23.4 Å². The van der Waals surface area contributed by atoms with Crippen LogP contribution in [0.4, 0.5) is 0 Å². The van der Waals surface area contributed by atoms with Crippen molar-refractivity contribution in [3.8, 4) is 0 Å². The minimum absolute atomic E-state index is 0.0402. The molecule has 0 heterocycles. The van der Waals surface area contributed by atoms with Crippen molar-refractivity contribution in [3.05, 3.63) is 0 Å². The Balaban J connectivity index is 4.94. The average Bonchev–Trinajstić information content (AvgIpc) is 2.14. The second-order valence-corrected chi connectivity index (χ2v) is 3.57. The van der Waals surface area contributed by atoms with Crippen LogP contribution in [0.2, 0.25) is 0 Å². The summed E-state index contributed by atoms with van der Waals surface area (Å²) >= 11 is 0. The molecule has 0 fully saturated rings. The van der Waals surface area contributed by atoms with Crippen LogP contribution >= 0.6 is 0 Å². The van der Waals surface area contributed by atoms with E-state index in [9.17, 15) is 20.1 Å². The third-order valence-electron chi connectivity index (χ3n) is 2.55. The van der Waals surface area contributed by atoms with E-state index in [2.05, 4.69) is 0 Å². The molecule has 6 heteroatoms. The highest BCUT2D eigenvalue weighted by Gasteiger charge is 2.51. The van der Waals surface area contributed by atoms with Crippen LogP contribution in [-0.2, 0) is 4.79 Å². The second-order valence-electron chi connectivity index (χ2n) is 3.57. The summed E-state index contributed by atoms with van der Waals surface area (Å²) in [6.45, 7) is 1.21. The minimum atomic E-state index is -2.24. The number of hydrogen-bond donors (Lipinski definition) is 5. The van der Waals surface area contributed by atoms with Gasteiger partial charge in [-0.3, -0.25) is 0 Å². The summed E-state index contributed by atoms with van der Waals surface area (Å²) in [7, 11) is 0. The Kier molecular flexibility index (Phi) is 4.16. The molecule has 0 aliphatic rings. The topological polar surface area (TPSA) is 118 Å². The third kappa shape index (κ3) is 2.10. The quantitative estimate of drug-likeness (QED) is 0.316. The van der Waals surface area contributed by atoms with E-state index in [1.807, 2.05) is 0 Å². The zero-order valence-corrected chi connectivity index (χ0v) is 8.08. The SMILES string of the molecule is C[C@@](O)([C@H](O)C=O)[C@](C)(O)[C@H](O)CO. The summed E-state index contributed by atoms with van der Waals surface area (Å²) in [4.78, 5) is 10.2. The van der Waals surface area contributed by atoms with E-state index in [1.165, 1.54) is 0 Å². The van der Waals surface area contributed by atoms with Gasteiger partial charge in [0, 0.05) is 0 Å². The van der Waals surface area contributed by atoms with E-state index in [1.54, 1.807) is 0 Å². The van der Waals surface area contributed by atoms with E-state index in [-0.39, 0.29) is 6.29 Å². The first-order chi connectivity index (χ1) is 6.21. The van der Waals surface area contributed by atoms with E-state index < -0.39 is 30.0 Å². The van der Waals surface area contributed by atoms with Crippen LogP contribution in [-0.4, -0.2) is 61.8 Å². The molecule has 0 bridgehead atoms. The van der Waals surface area contributed by atoms with Crippen molar-refractivity contribution in [2.24, 2.45) is 0 Å². The Morgan fingerprint density at radius 3 is 1.93 bits per heavy atom. The Bertz CT molecular complexity index is 200. The lowest BCUT2D eigenvalue weighted by Crippen LogP contribution is -2.64. The average molecular weight is 208 g/mol. The second kappa shape index (κ2) is 4.33. The Morgan fingerprint density at radius 1 is 1.21 bits per heavy atom. The van der Waals surface area contributed by atoms with Crippen LogP contribution in [0.3, 0.4) is 0 Å². The lowest BCUT2D eigenvalue weighted by atomic mass is 9.78. The highest BCUT2D eigenvalue weighted by molar-refractivity contribution is 5.58. The fourth-order valence-electron chi connectivity index (χ4n) is 0.947. The van der Waals surface area contributed by atoms with Crippen LogP contribution < -0.4 is 0 Å². The van der Waals surface area contributed by atoms with Crippen molar-refractivity contribution >= 4 is 6.29 Å². The van der Waals surface area contributed by atoms with Gasteiger partial charge >= 0.3 is 0 Å². The van der Waals surface area contributed by atoms with Gasteiger partial charge in [-0.1, -0.05) is 0 Å². The Morgan fingerprint density at radius 2 is 1.64 bits per heavy atom. The number of aliphatic hydroxyl groups is 5. The zero-order valence-electron chi connectivity index (χ0n) is 8.08. The lowest BCUT2D eigenvalue weighted by Gasteiger charge is -2.42. The van der Waals surface area contributed by atoms with Gasteiger partial charge in [-0.05, 0) is 13.8 Å². The van der Waals surface area contributed by atoms with Gasteiger partial charge < -0.3 is 30.3 Å². The number of carbonyl (C=O) groups excluding carboxylic acids is 1. The van der Waals surface area contributed by atoms with Gasteiger partial charge in [0.25, 0.3) is 0 Å². The molecule has 14 heavy (non-hydrogen) atoms. The summed E-state index contributed by atoms with van der Waals surface area (Å²) in [5, 5.41) is 46.1. The lowest BCUT2D eigenvalue weighted by molar-refractivity contribution is -0.222. The standard InChI is InChI=1S/C8H16O6/c1-7(13,5(11)3-9)8(2,14)6(12)4-10/h3,5-6,10-14H,4H2,1-2H3/t5-,6-,7-,8-/m1/s1. The molecular weight excluding hydrogens is 192 g/mol. The van der Waals surface area contributed by atoms with E-state index in [4.69, 9.17) is 10.2 Å². The molecule has 4 atom stereocenters. The molecule has 6 nitrogen and oxygen atoms in total. The molecule has 0 saturated carbocycles. The minimum Gasteiger partial charge on any atom is -0.394 e. The molecule has 0 aromatic carbocycles. The summed E-state index contributed by atoms with van der Waals surface area (Å²) < 4.78 is 0. The van der Waals surface area contributed by atoms with Crippen LogP contribution in [0.1, 0.15) is 13.8 Å². The van der Waals surface area contributed by atoms with Crippen molar-refractivity contribution in [1.29, 1.82) is 0 Å². The molecule has 84 valence electrons. The molecule has 0 aromatic rings. The highest BCUT2D eigenvalue weighted by Crippen LogP contribution is 2.28. The van der Waals surface area contributed by atoms with E-state index in [0.717, 1.165) is 13.8 Å². The van der Waals surface area contributed by atoms with E-state index >= 15 is 0 Å². The monoisotopic (exact) mass is 208 g/mol. The fourth-order valence-corrected chi connectivity index (χ4v) is 0.947. The smallest absolute Gasteiger partial charge is 0.151 e. The molecule has 0 saturated heterocycles. The summed E-state index contributed by atoms with van der Waals surface area (Å²) in [5.41, 5.74) is -4.43. The van der Waals surface area contributed by atoms with Crippen molar-refractivity contribution in [2.75, 3.05) is 6.61 Å². The molecule has 0 unspecified atom stereocenters. The van der Waals surface area contributed by atoms with Gasteiger partial charge in [-0.15, -0.1) is 0 Å². The first kappa shape index (κ1) is 13.5. The number of aldehydes is 1. The van der Waals surface area contributed by atoms with Crippen LogP contribution in [0.15, 0.2) is 0 Å². The zero-order chi connectivity index (χ0) is 11.6.